The molecule has 0 saturated carbocycles. The Balaban J connectivity index is 2.64. The summed E-state index contributed by atoms with van der Waals surface area (Å²) in [5.41, 5.74) is 0.0922. The van der Waals surface area contributed by atoms with E-state index >= 15 is 0 Å². The molecule has 1 radical (unpaired) electrons. The van der Waals surface area contributed by atoms with Crippen molar-refractivity contribution in [1.82, 2.24) is 4.98 Å². The maximum atomic E-state index is 11.7. The van der Waals surface area contributed by atoms with Crippen molar-refractivity contribution < 1.29 is 19.4 Å². The number of carbonyl (C=O) groups excluding carboxylic acids is 1. The Morgan fingerprint density at radius 1 is 1.42 bits per heavy atom. The third-order valence-corrected chi connectivity index (χ3v) is 4.20. The van der Waals surface area contributed by atoms with Crippen LogP contribution < -0.4 is 0 Å². The standard InChI is InChI=1S/C13H17AsNO4/c1-13(2,3)19-12(18)14-10(11(16)17)8-9-6-4-5-7-15-9/h4-7,10H,8H2,1-3H3,(H,16,17)/t10-/m1/s1. The van der Waals surface area contributed by atoms with E-state index in [-0.39, 0.29) is 6.42 Å². The van der Waals surface area contributed by atoms with Gasteiger partial charge in [-0.2, -0.15) is 0 Å². The second kappa shape index (κ2) is 6.71. The molecule has 0 amide bonds. The Morgan fingerprint density at radius 2 is 2.11 bits per heavy atom. The number of aliphatic carboxylic acids is 1. The first-order valence-corrected chi connectivity index (χ1v) is 7.86. The quantitative estimate of drug-likeness (QED) is 0.839. The molecular formula is C13H17AsNO4. The third kappa shape index (κ3) is 6.39. The summed E-state index contributed by atoms with van der Waals surface area (Å²) in [7, 11) is 0. The van der Waals surface area contributed by atoms with E-state index in [0.29, 0.717) is 5.69 Å². The monoisotopic (exact) mass is 326 g/mol. The van der Waals surface area contributed by atoms with Gasteiger partial charge in [-0.3, -0.25) is 0 Å². The summed E-state index contributed by atoms with van der Waals surface area (Å²) >= 11 is -1.08. The zero-order valence-electron chi connectivity index (χ0n) is 11.2. The number of aromatic nitrogens is 1. The zero-order chi connectivity index (χ0) is 14.5. The van der Waals surface area contributed by atoms with Gasteiger partial charge in [-0.25, -0.2) is 0 Å². The van der Waals surface area contributed by atoms with Crippen molar-refractivity contribution in [3.63, 3.8) is 0 Å². The molecule has 1 N–H and O–H groups in total. The van der Waals surface area contributed by atoms with Crippen molar-refractivity contribution in [3.8, 4) is 0 Å². The van der Waals surface area contributed by atoms with Gasteiger partial charge in [0.05, 0.1) is 0 Å². The van der Waals surface area contributed by atoms with Crippen LogP contribution in [0, 0.1) is 0 Å². The third-order valence-electron chi connectivity index (χ3n) is 2.07. The number of nitrogens with zero attached hydrogens (tertiary/aromatic N) is 1. The van der Waals surface area contributed by atoms with Crippen molar-refractivity contribution in [1.29, 1.82) is 0 Å². The topological polar surface area (TPSA) is 76.5 Å². The molecule has 0 unspecified atom stereocenters. The predicted octanol–water partition coefficient (Wildman–Crippen LogP) is 2.14. The van der Waals surface area contributed by atoms with Gasteiger partial charge in [-0.05, 0) is 0 Å². The van der Waals surface area contributed by atoms with Gasteiger partial charge in [0.1, 0.15) is 0 Å². The van der Waals surface area contributed by atoms with Crippen molar-refractivity contribution >= 4 is 26.5 Å². The van der Waals surface area contributed by atoms with E-state index < -0.39 is 36.8 Å². The number of pyridine rings is 1. The van der Waals surface area contributed by atoms with Crippen molar-refractivity contribution in [2.75, 3.05) is 0 Å². The van der Waals surface area contributed by atoms with E-state index in [2.05, 4.69) is 4.98 Å². The van der Waals surface area contributed by atoms with Gasteiger partial charge in [0.2, 0.25) is 0 Å². The Kier molecular flexibility index (Phi) is 5.55. The Hall–Kier alpha value is -1.35. The molecule has 0 aliphatic rings. The predicted molar refractivity (Wildman–Crippen MR) is 71.3 cm³/mol. The summed E-state index contributed by atoms with van der Waals surface area (Å²) in [5, 5.41) is 9.17. The van der Waals surface area contributed by atoms with E-state index in [1.165, 1.54) is 0 Å². The molecule has 1 rings (SSSR count). The molecule has 19 heavy (non-hydrogen) atoms. The van der Waals surface area contributed by atoms with Crippen LogP contribution in [0.1, 0.15) is 26.5 Å². The molecule has 0 fully saturated rings. The summed E-state index contributed by atoms with van der Waals surface area (Å²) in [6.07, 6.45) is 1.87. The molecule has 0 aliphatic heterocycles. The fourth-order valence-corrected chi connectivity index (χ4v) is 3.36. The molecule has 5 nitrogen and oxygen atoms in total. The number of hydrogen-bond donors (Lipinski definition) is 1. The van der Waals surface area contributed by atoms with Gasteiger partial charge in [0.25, 0.3) is 0 Å². The molecule has 1 heterocycles. The van der Waals surface area contributed by atoms with Crippen LogP contribution in [0.15, 0.2) is 24.4 Å². The minimum absolute atomic E-state index is 0.259. The van der Waals surface area contributed by atoms with E-state index in [1.54, 1.807) is 45.2 Å². The fourth-order valence-electron chi connectivity index (χ4n) is 1.32. The number of hydrogen-bond acceptors (Lipinski definition) is 4. The van der Waals surface area contributed by atoms with E-state index in [1.807, 2.05) is 0 Å². The number of carboxylic acids is 1. The summed E-state index contributed by atoms with van der Waals surface area (Å²) < 4.78 is 4.04. The van der Waals surface area contributed by atoms with Crippen LogP contribution in [0.2, 0.25) is 4.71 Å². The second-order valence-corrected chi connectivity index (χ2v) is 7.60. The average Bonchev–Trinajstić information content (AvgIpc) is 2.26. The Labute approximate surface area is 119 Å². The first-order valence-electron chi connectivity index (χ1n) is 5.84. The first-order chi connectivity index (χ1) is 8.78. The molecule has 1 atom stereocenters. The molecule has 0 aromatic carbocycles. The van der Waals surface area contributed by atoms with Crippen LogP contribution in [0.5, 0.6) is 0 Å². The SMILES string of the molecule is CC(C)(C)OC(=O)[As][C@H](Cc1ccccn1)C(=O)O. The molecule has 6 heteroatoms. The van der Waals surface area contributed by atoms with Crippen LogP contribution >= 0.6 is 0 Å². The summed E-state index contributed by atoms with van der Waals surface area (Å²) in [6.45, 7) is 5.29. The number of rotatable bonds is 5. The van der Waals surface area contributed by atoms with Crippen molar-refractivity contribution in [3.05, 3.63) is 30.1 Å². The molecule has 1 aromatic rings. The maximum absolute atomic E-state index is 11.7. The summed E-state index contributed by atoms with van der Waals surface area (Å²) in [4.78, 5) is 27.0. The van der Waals surface area contributed by atoms with Gasteiger partial charge in [-0.1, -0.05) is 0 Å². The van der Waals surface area contributed by atoms with Crippen LogP contribution in [-0.2, 0) is 16.0 Å². The zero-order valence-corrected chi connectivity index (χ0v) is 13.0. The van der Waals surface area contributed by atoms with Gasteiger partial charge in [0, 0.05) is 0 Å². The van der Waals surface area contributed by atoms with Crippen LogP contribution in [0.25, 0.3) is 0 Å². The Bertz CT molecular complexity index is 442. The summed E-state index contributed by atoms with van der Waals surface area (Å²) in [6, 6.07) is 5.32. The van der Waals surface area contributed by atoms with E-state index in [0.717, 1.165) is 0 Å². The van der Waals surface area contributed by atoms with Gasteiger partial charge in [0.15, 0.2) is 0 Å². The van der Waals surface area contributed by atoms with E-state index in [9.17, 15) is 9.59 Å². The normalized spacial score (nSPS) is 13.4. The average molecular weight is 326 g/mol. The number of carboxylic acid groups (broad SMARTS) is 1. The molecule has 1 aromatic heterocycles. The molecule has 0 bridgehead atoms. The van der Waals surface area contributed by atoms with Crippen LogP contribution in [0.3, 0.4) is 0 Å². The van der Waals surface area contributed by atoms with E-state index in [4.69, 9.17) is 9.84 Å². The number of carbonyl (C=O) groups is 2. The number of ether oxygens (including phenoxy) is 1. The van der Waals surface area contributed by atoms with Crippen LogP contribution in [0.4, 0.5) is 4.79 Å². The minimum atomic E-state index is -1.08. The van der Waals surface area contributed by atoms with Gasteiger partial charge in [-0.15, -0.1) is 0 Å². The Morgan fingerprint density at radius 3 is 2.58 bits per heavy atom. The molecule has 0 aliphatic carbocycles. The fraction of sp³-hybridized carbons (Fsp3) is 0.462. The molecule has 103 valence electrons. The van der Waals surface area contributed by atoms with Crippen LogP contribution in [-0.4, -0.2) is 42.2 Å². The molecule has 0 saturated heterocycles. The van der Waals surface area contributed by atoms with Crippen molar-refractivity contribution in [2.45, 2.75) is 37.5 Å². The molecular weight excluding hydrogens is 309 g/mol. The summed E-state index contributed by atoms with van der Waals surface area (Å²) in [5.74, 6) is -0.975. The van der Waals surface area contributed by atoms with Crippen molar-refractivity contribution in [2.24, 2.45) is 0 Å². The van der Waals surface area contributed by atoms with Gasteiger partial charge >= 0.3 is 118 Å². The van der Waals surface area contributed by atoms with Gasteiger partial charge < -0.3 is 0 Å². The molecule has 0 spiro atoms. The first kappa shape index (κ1) is 15.7. The second-order valence-electron chi connectivity index (χ2n) is 4.99.